The first kappa shape index (κ1) is 22.8. The highest BCUT2D eigenvalue weighted by molar-refractivity contribution is 6.31. The van der Waals surface area contributed by atoms with Gasteiger partial charge in [-0.15, -0.1) is 0 Å². The third-order valence-corrected chi connectivity index (χ3v) is 4.90. The Morgan fingerprint density at radius 1 is 1.12 bits per heavy atom. The lowest BCUT2D eigenvalue weighted by molar-refractivity contribution is -0.117. The topological polar surface area (TPSA) is 119 Å². The van der Waals surface area contributed by atoms with E-state index in [-0.39, 0.29) is 12.1 Å². The van der Waals surface area contributed by atoms with Crippen LogP contribution < -0.4 is 16.4 Å². The minimum absolute atomic E-state index is 0.268. The number of nitrogens with zero attached hydrogens (tertiary/aromatic N) is 2. The maximum Gasteiger partial charge on any atom is 0.251 e. The van der Waals surface area contributed by atoms with Gasteiger partial charge in [0.1, 0.15) is 5.15 Å². The Labute approximate surface area is 190 Å². The lowest BCUT2D eigenvalue weighted by Gasteiger charge is -2.06. The van der Waals surface area contributed by atoms with E-state index in [0.29, 0.717) is 28.6 Å². The number of aromatic nitrogens is 2. The predicted molar refractivity (Wildman–Crippen MR) is 123 cm³/mol. The summed E-state index contributed by atoms with van der Waals surface area (Å²) in [6.07, 6.45) is 2.95. The number of aryl methyl sites for hydroxylation is 1. The van der Waals surface area contributed by atoms with Gasteiger partial charge in [0.15, 0.2) is 0 Å². The lowest BCUT2D eigenvalue weighted by Crippen LogP contribution is -2.33. The fourth-order valence-electron chi connectivity index (χ4n) is 2.97. The molecule has 3 rings (SSSR count). The van der Waals surface area contributed by atoms with Crippen molar-refractivity contribution in [3.63, 3.8) is 0 Å². The maximum absolute atomic E-state index is 12.4. The van der Waals surface area contributed by atoms with Gasteiger partial charge in [0.2, 0.25) is 11.8 Å². The summed E-state index contributed by atoms with van der Waals surface area (Å²) in [4.78, 5) is 35.2. The van der Waals surface area contributed by atoms with Crippen LogP contribution in [0, 0.1) is 6.92 Å². The molecule has 164 valence electrons. The van der Waals surface area contributed by atoms with Gasteiger partial charge in [0.25, 0.3) is 5.91 Å². The van der Waals surface area contributed by atoms with Crippen LogP contribution in [-0.4, -0.2) is 34.0 Å². The second-order valence-corrected chi connectivity index (χ2v) is 7.34. The van der Waals surface area contributed by atoms with E-state index in [9.17, 15) is 14.4 Å². The summed E-state index contributed by atoms with van der Waals surface area (Å²) in [5.74, 6) is -1.51. The first-order chi connectivity index (χ1) is 15.3. The Morgan fingerprint density at radius 3 is 2.59 bits per heavy atom. The van der Waals surface area contributed by atoms with Crippen LogP contribution in [0.5, 0.6) is 0 Å². The Bertz CT molecular complexity index is 1170. The van der Waals surface area contributed by atoms with Gasteiger partial charge >= 0.3 is 0 Å². The highest BCUT2D eigenvalue weighted by Gasteiger charge is 2.12. The Balaban J connectivity index is 1.66. The molecular formula is C23H22ClN5O3. The highest BCUT2D eigenvalue weighted by atomic mass is 35.5. The summed E-state index contributed by atoms with van der Waals surface area (Å²) in [5, 5.41) is 9.97. The molecule has 0 atom stereocenters. The third kappa shape index (κ3) is 6.05. The van der Waals surface area contributed by atoms with Crippen molar-refractivity contribution in [1.82, 2.24) is 15.1 Å². The number of hydrogen-bond donors (Lipinski definition) is 3. The van der Waals surface area contributed by atoms with Gasteiger partial charge in [-0.05, 0) is 36.8 Å². The zero-order valence-electron chi connectivity index (χ0n) is 17.3. The van der Waals surface area contributed by atoms with Crippen molar-refractivity contribution in [3.05, 3.63) is 88.2 Å². The zero-order chi connectivity index (χ0) is 23.1. The number of amides is 3. The zero-order valence-corrected chi connectivity index (χ0v) is 18.1. The molecule has 0 unspecified atom stereocenters. The minimum Gasteiger partial charge on any atom is -0.368 e. The number of primary amides is 1. The van der Waals surface area contributed by atoms with E-state index in [4.69, 9.17) is 17.3 Å². The van der Waals surface area contributed by atoms with Crippen LogP contribution >= 0.6 is 11.6 Å². The van der Waals surface area contributed by atoms with Gasteiger partial charge in [-0.25, -0.2) is 4.68 Å². The highest BCUT2D eigenvalue weighted by Crippen LogP contribution is 2.22. The van der Waals surface area contributed by atoms with Crippen LogP contribution in [0.4, 0.5) is 5.69 Å². The second kappa shape index (κ2) is 10.4. The number of carbonyl (C=O) groups excluding carboxylic acids is 3. The van der Waals surface area contributed by atoms with E-state index in [1.165, 1.54) is 12.1 Å². The van der Waals surface area contributed by atoms with Crippen molar-refractivity contribution in [2.45, 2.75) is 13.5 Å². The van der Waals surface area contributed by atoms with Crippen LogP contribution in [-0.2, 0) is 16.1 Å². The molecule has 0 saturated carbocycles. The number of nitrogens with one attached hydrogen (secondary N) is 2. The molecule has 0 spiro atoms. The standard InChI is InChI=1S/C23H22ClN5O3/c1-15-19(22(24)29(28-15)14-16-6-3-2-4-7-16)10-11-21(31)27-18-9-5-8-17(12-18)23(32)26-13-20(25)30/h2-12H,13-14H2,1H3,(H2,25,30)(H,26,32)(H,27,31). The Hall–Kier alpha value is -3.91. The molecular weight excluding hydrogens is 430 g/mol. The molecule has 0 aliphatic carbocycles. The molecule has 1 heterocycles. The summed E-state index contributed by atoms with van der Waals surface area (Å²) in [6, 6.07) is 16.1. The van der Waals surface area contributed by atoms with Crippen LogP contribution in [0.2, 0.25) is 5.15 Å². The average molecular weight is 452 g/mol. The quantitative estimate of drug-likeness (QED) is 0.456. The number of anilines is 1. The third-order valence-electron chi connectivity index (χ3n) is 4.50. The molecule has 0 saturated heterocycles. The SMILES string of the molecule is Cc1nn(Cc2ccccc2)c(Cl)c1C=CC(=O)Nc1cccc(C(=O)NCC(N)=O)c1. The molecule has 0 aliphatic heterocycles. The maximum atomic E-state index is 12.4. The van der Waals surface area contributed by atoms with Gasteiger partial charge in [0, 0.05) is 22.9 Å². The molecule has 3 aromatic rings. The molecule has 4 N–H and O–H groups in total. The minimum atomic E-state index is -0.644. The Morgan fingerprint density at radius 2 is 1.88 bits per heavy atom. The number of benzene rings is 2. The number of rotatable bonds is 8. The van der Waals surface area contributed by atoms with Crippen molar-refractivity contribution in [2.24, 2.45) is 5.73 Å². The molecule has 32 heavy (non-hydrogen) atoms. The van der Waals surface area contributed by atoms with Gasteiger partial charge in [-0.3, -0.25) is 14.4 Å². The van der Waals surface area contributed by atoms with E-state index < -0.39 is 17.7 Å². The molecule has 2 aromatic carbocycles. The van der Waals surface area contributed by atoms with Crippen molar-refractivity contribution in [1.29, 1.82) is 0 Å². The van der Waals surface area contributed by atoms with Gasteiger partial charge in [-0.2, -0.15) is 5.10 Å². The summed E-state index contributed by atoms with van der Waals surface area (Å²) >= 11 is 6.47. The van der Waals surface area contributed by atoms with E-state index >= 15 is 0 Å². The summed E-state index contributed by atoms with van der Waals surface area (Å²) in [5.41, 5.74) is 8.14. The molecule has 8 nitrogen and oxygen atoms in total. The van der Waals surface area contributed by atoms with Crippen molar-refractivity contribution >= 4 is 41.1 Å². The molecule has 0 aliphatic rings. The van der Waals surface area contributed by atoms with Crippen LogP contribution in [0.15, 0.2) is 60.7 Å². The van der Waals surface area contributed by atoms with E-state index in [2.05, 4.69) is 15.7 Å². The van der Waals surface area contributed by atoms with E-state index in [1.807, 2.05) is 37.3 Å². The molecule has 0 bridgehead atoms. The molecule has 0 fully saturated rings. The first-order valence-electron chi connectivity index (χ1n) is 9.76. The largest absolute Gasteiger partial charge is 0.368 e. The van der Waals surface area contributed by atoms with E-state index in [1.54, 1.807) is 29.0 Å². The number of nitrogens with two attached hydrogens (primary N) is 1. The lowest BCUT2D eigenvalue weighted by atomic mass is 10.2. The predicted octanol–water partition coefficient (Wildman–Crippen LogP) is 2.76. The van der Waals surface area contributed by atoms with Crippen molar-refractivity contribution in [2.75, 3.05) is 11.9 Å². The molecule has 1 aromatic heterocycles. The number of carbonyl (C=O) groups is 3. The summed E-state index contributed by atoms with van der Waals surface area (Å²) < 4.78 is 1.68. The van der Waals surface area contributed by atoms with Gasteiger partial charge < -0.3 is 16.4 Å². The number of hydrogen-bond acceptors (Lipinski definition) is 4. The Kier molecular flexibility index (Phi) is 7.41. The van der Waals surface area contributed by atoms with Crippen LogP contribution in [0.3, 0.4) is 0 Å². The number of halogens is 1. The van der Waals surface area contributed by atoms with Crippen LogP contribution in [0.25, 0.3) is 6.08 Å². The molecule has 9 heteroatoms. The summed E-state index contributed by atoms with van der Waals surface area (Å²) in [6.45, 7) is 2.07. The summed E-state index contributed by atoms with van der Waals surface area (Å²) in [7, 11) is 0. The van der Waals surface area contributed by atoms with E-state index in [0.717, 1.165) is 5.56 Å². The normalized spacial score (nSPS) is 10.8. The van der Waals surface area contributed by atoms with Crippen molar-refractivity contribution < 1.29 is 14.4 Å². The fourth-order valence-corrected chi connectivity index (χ4v) is 3.27. The monoisotopic (exact) mass is 451 g/mol. The fraction of sp³-hybridized carbons (Fsp3) is 0.130. The average Bonchev–Trinajstić information content (AvgIpc) is 3.03. The van der Waals surface area contributed by atoms with Gasteiger partial charge in [0.05, 0.1) is 18.8 Å². The van der Waals surface area contributed by atoms with Gasteiger partial charge in [-0.1, -0.05) is 48.0 Å². The smallest absolute Gasteiger partial charge is 0.251 e. The second-order valence-electron chi connectivity index (χ2n) is 6.99. The first-order valence-corrected chi connectivity index (χ1v) is 10.1. The van der Waals surface area contributed by atoms with Crippen molar-refractivity contribution in [3.8, 4) is 0 Å². The molecule has 3 amide bonds. The van der Waals surface area contributed by atoms with Crippen LogP contribution in [0.1, 0.15) is 27.2 Å². The molecule has 0 radical (unpaired) electrons.